The highest BCUT2D eigenvalue weighted by Crippen LogP contribution is 2.37. The summed E-state index contributed by atoms with van der Waals surface area (Å²) in [5, 5.41) is 14.2. The number of aliphatic hydroxyl groups is 1. The lowest BCUT2D eigenvalue weighted by Gasteiger charge is -2.27. The van der Waals surface area contributed by atoms with Crippen molar-refractivity contribution in [2.75, 3.05) is 19.7 Å². The second kappa shape index (κ2) is 11.7. The lowest BCUT2D eigenvalue weighted by atomic mass is 9.98. The Labute approximate surface area is 237 Å². The molecule has 0 saturated heterocycles. The number of halogens is 2. The van der Waals surface area contributed by atoms with E-state index in [4.69, 9.17) is 9.84 Å². The summed E-state index contributed by atoms with van der Waals surface area (Å²) in [6, 6.07) is 14.8. The second-order valence-corrected chi connectivity index (χ2v) is 11.5. The molecule has 1 N–H and O–H groups in total. The SMILES string of the molecule is C=Ic1cc(C(C)C)cc(F)c1COc1ccc(-c2c(-c3ccncc3)nn3c2C(=O)N(CCO)CC3)cc1. The summed E-state index contributed by atoms with van der Waals surface area (Å²) in [4.78, 5) is 19.2. The number of rotatable bonds is 9. The lowest BCUT2D eigenvalue weighted by molar-refractivity contribution is 0.0662. The topological polar surface area (TPSA) is 80.5 Å². The number of aliphatic hydroxyl groups excluding tert-OH is 1. The van der Waals surface area contributed by atoms with Gasteiger partial charge in [-0.15, -0.1) is 0 Å². The standard InChI is InChI=1S/C30H30FIN4O3/c1-19(2)22-16-25(31)24(26(17-22)32-3)18-39-23-6-4-20(5-7-23)27-28(21-8-10-33-11-9-21)34-36-13-12-35(14-15-37)30(38)29(27)36/h4-11,16-17,19,37H,3,12-15,18H2,1-2H3. The third kappa shape index (κ3) is 5.51. The van der Waals surface area contributed by atoms with Crippen molar-refractivity contribution in [2.45, 2.75) is 32.9 Å². The molecule has 9 heteroatoms. The van der Waals surface area contributed by atoms with Gasteiger partial charge in [0.15, 0.2) is 0 Å². The number of carbonyl (C=O) groups is 1. The first-order valence-electron chi connectivity index (χ1n) is 12.8. The van der Waals surface area contributed by atoms with Crippen LogP contribution in [0.5, 0.6) is 5.75 Å². The molecule has 7 nitrogen and oxygen atoms in total. The first-order valence-corrected chi connectivity index (χ1v) is 15.4. The van der Waals surface area contributed by atoms with Gasteiger partial charge in [0.1, 0.15) is 29.6 Å². The Kier molecular flexibility index (Phi) is 8.18. The predicted molar refractivity (Wildman–Crippen MR) is 159 cm³/mol. The van der Waals surface area contributed by atoms with E-state index in [2.05, 4.69) is 15.6 Å². The summed E-state index contributed by atoms with van der Waals surface area (Å²) in [5.74, 6) is 0.419. The molecule has 0 aliphatic carbocycles. The maximum Gasteiger partial charge on any atom is 0.272 e. The van der Waals surface area contributed by atoms with E-state index in [0.717, 1.165) is 25.8 Å². The van der Waals surface area contributed by atoms with Crippen molar-refractivity contribution in [1.29, 1.82) is 0 Å². The van der Waals surface area contributed by atoms with Crippen molar-refractivity contribution in [3.05, 3.63) is 87.1 Å². The predicted octanol–water partition coefficient (Wildman–Crippen LogP) is 5.47. The van der Waals surface area contributed by atoms with E-state index >= 15 is 0 Å². The molecule has 0 saturated carbocycles. The molecule has 0 bridgehead atoms. The first-order chi connectivity index (χ1) is 18.9. The molecule has 202 valence electrons. The van der Waals surface area contributed by atoms with Crippen molar-refractivity contribution in [1.82, 2.24) is 19.7 Å². The van der Waals surface area contributed by atoms with Crippen LogP contribution in [0.1, 0.15) is 41.4 Å². The Morgan fingerprint density at radius 3 is 2.51 bits per heavy atom. The summed E-state index contributed by atoms with van der Waals surface area (Å²) in [6.45, 7) is 5.42. The molecule has 2 aromatic heterocycles. The van der Waals surface area contributed by atoms with Crippen LogP contribution in [0.15, 0.2) is 60.9 Å². The van der Waals surface area contributed by atoms with E-state index in [1.165, 1.54) is 0 Å². The first kappa shape index (κ1) is 27.1. The summed E-state index contributed by atoms with van der Waals surface area (Å²) in [5.41, 5.74) is 5.11. The average molecular weight is 640 g/mol. The third-order valence-corrected chi connectivity index (χ3v) is 8.63. The zero-order valence-electron chi connectivity index (χ0n) is 21.9. The highest BCUT2D eigenvalue weighted by molar-refractivity contribution is 14.2. The molecule has 0 spiro atoms. The molecule has 0 atom stereocenters. The molecule has 2 aromatic carbocycles. The number of amides is 1. The van der Waals surface area contributed by atoms with Gasteiger partial charge in [-0.1, -0.05) is 51.2 Å². The van der Waals surface area contributed by atoms with Crippen molar-refractivity contribution < 1.29 is 19.0 Å². The summed E-state index contributed by atoms with van der Waals surface area (Å²) >= 11 is -0.563. The number of hydrogen-bond acceptors (Lipinski definition) is 5. The Bertz CT molecular complexity index is 1500. The number of aromatic nitrogens is 3. The molecule has 1 aliphatic heterocycles. The quantitative estimate of drug-likeness (QED) is 0.246. The van der Waals surface area contributed by atoms with E-state index in [1.54, 1.807) is 28.0 Å². The van der Waals surface area contributed by atoms with Gasteiger partial charge < -0.3 is 14.7 Å². The minimum atomic E-state index is -0.563. The highest BCUT2D eigenvalue weighted by Gasteiger charge is 2.32. The van der Waals surface area contributed by atoms with E-state index in [-0.39, 0.29) is 37.4 Å². The summed E-state index contributed by atoms with van der Waals surface area (Å²) in [6.07, 6.45) is 3.40. The molecule has 0 radical (unpaired) electrons. The Balaban J connectivity index is 1.47. The lowest BCUT2D eigenvalue weighted by Crippen LogP contribution is -2.42. The molecule has 0 unspecified atom stereocenters. The van der Waals surface area contributed by atoms with Crippen LogP contribution in [0.4, 0.5) is 4.39 Å². The zero-order chi connectivity index (χ0) is 27.5. The van der Waals surface area contributed by atoms with Gasteiger partial charge >= 0.3 is 0 Å². The smallest absolute Gasteiger partial charge is 0.272 e. The fourth-order valence-corrected chi connectivity index (χ4v) is 6.17. The fourth-order valence-electron chi connectivity index (χ4n) is 4.71. The average Bonchev–Trinajstić information content (AvgIpc) is 3.35. The molecule has 4 aromatic rings. The van der Waals surface area contributed by atoms with Gasteiger partial charge in [0.25, 0.3) is 5.91 Å². The van der Waals surface area contributed by atoms with E-state index in [1.807, 2.05) is 50.2 Å². The minimum absolute atomic E-state index is 0.100. The van der Waals surface area contributed by atoms with E-state index in [0.29, 0.717) is 35.8 Å². The number of carbonyl (C=O) groups excluding carboxylic acids is 1. The molecule has 5 rings (SSSR count). The number of benzene rings is 2. The molecular weight excluding hydrogens is 610 g/mol. The maximum atomic E-state index is 14.9. The van der Waals surface area contributed by atoms with Crippen LogP contribution in [-0.2, 0) is 13.2 Å². The van der Waals surface area contributed by atoms with Gasteiger partial charge in [0.05, 0.1) is 13.2 Å². The second-order valence-electron chi connectivity index (χ2n) is 9.61. The van der Waals surface area contributed by atoms with Gasteiger partial charge in [-0.3, -0.25) is 14.5 Å². The van der Waals surface area contributed by atoms with Crippen LogP contribution in [0.25, 0.3) is 22.4 Å². The molecular formula is C30H30FIN4O3. The maximum absolute atomic E-state index is 14.9. The van der Waals surface area contributed by atoms with Gasteiger partial charge in [0, 0.05) is 45.7 Å². The summed E-state index contributed by atoms with van der Waals surface area (Å²) in [7, 11) is 0. The highest BCUT2D eigenvalue weighted by atomic mass is 127. The number of pyridine rings is 1. The van der Waals surface area contributed by atoms with E-state index < -0.39 is 20.7 Å². The molecule has 39 heavy (non-hydrogen) atoms. The van der Waals surface area contributed by atoms with Crippen molar-refractivity contribution in [3.8, 4) is 28.1 Å². The van der Waals surface area contributed by atoms with Crippen molar-refractivity contribution >= 4 is 31.2 Å². The summed E-state index contributed by atoms with van der Waals surface area (Å²) < 4.78 is 27.7. The fraction of sp³-hybridized carbons (Fsp3) is 0.267. The monoisotopic (exact) mass is 640 g/mol. The number of ether oxygens (including phenoxy) is 1. The molecule has 3 heterocycles. The molecule has 0 fully saturated rings. The minimum Gasteiger partial charge on any atom is -0.489 e. The largest absolute Gasteiger partial charge is 0.489 e. The molecule has 1 amide bonds. The van der Waals surface area contributed by atoms with Crippen LogP contribution in [0, 0.1) is 9.39 Å². The van der Waals surface area contributed by atoms with Crippen LogP contribution in [-0.4, -0.2) is 54.9 Å². The number of nitrogens with zero attached hydrogens (tertiary/aromatic N) is 4. The van der Waals surface area contributed by atoms with Gasteiger partial charge in [0.2, 0.25) is 0 Å². The van der Waals surface area contributed by atoms with Gasteiger partial charge in [-0.25, -0.2) is 4.39 Å². The molecule has 1 aliphatic rings. The van der Waals surface area contributed by atoms with Gasteiger partial charge in [-0.2, -0.15) is 5.10 Å². The van der Waals surface area contributed by atoms with Crippen molar-refractivity contribution in [2.24, 2.45) is 0 Å². The van der Waals surface area contributed by atoms with Gasteiger partial charge in [-0.05, 0) is 53.4 Å². The van der Waals surface area contributed by atoms with Crippen molar-refractivity contribution in [3.63, 3.8) is 0 Å². The van der Waals surface area contributed by atoms with Crippen LogP contribution in [0.3, 0.4) is 0 Å². The number of hydrogen-bond donors (Lipinski definition) is 1. The number of fused-ring (bicyclic) bond motifs is 1. The van der Waals surface area contributed by atoms with Crippen LogP contribution < -0.4 is 4.74 Å². The Morgan fingerprint density at radius 1 is 1.10 bits per heavy atom. The van der Waals surface area contributed by atoms with Crippen LogP contribution >= 0.6 is 20.7 Å². The Morgan fingerprint density at radius 2 is 1.85 bits per heavy atom. The normalized spacial score (nSPS) is 13.2. The Hall–Kier alpha value is -3.44. The zero-order valence-corrected chi connectivity index (χ0v) is 24.1. The van der Waals surface area contributed by atoms with Crippen LogP contribution in [0.2, 0.25) is 0 Å². The van der Waals surface area contributed by atoms with E-state index in [9.17, 15) is 14.3 Å². The third-order valence-electron chi connectivity index (χ3n) is 6.85. The number of β-amino-alcohol motifs (C(OH)–C–C–N with tert-alkyl or cyclic N) is 1.